The van der Waals surface area contributed by atoms with E-state index in [4.69, 9.17) is 9.47 Å². The van der Waals surface area contributed by atoms with Crippen LogP contribution in [0.2, 0.25) is 0 Å². The lowest BCUT2D eigenvalue weighted by atomic mass is 10.1. The first kappa shape index (κ1) is 15.8. The Morgan fingerprint density at radius 1 is 1.21 bits per heavy atom. The first-order valence-electron chi connectivity index (χ1n) is 6.74. The highest BCUT2D eigenvalue weighted by Gasteiger charge is 2.19. The molecule has 0 heterocycles. The van der Waals surface area contributed by atoms with Crippen molar-refractivity contribution >= 4 is 0 Å². The summed E-state index contributed by atoms with van der Waals surface area (Å²) < 4.78 is 11.1. The first-order valence-corrected chi connectivity index (χ1v) is 6.74. The van der Waals surface area contributed by atoms with Crippen LogP contribution in [0.1, 0.15) is 39.2 Å². The van der Waals surface area contributed by atoms with Crippen LogP contribution in [0.5, 0.6) is 11.5 Å². The van der Waals surface area contributed by atoms with Crippen LogP contribution in [0.4, 0.5) is 0 Å². The van der Waals surface area contributed by atoms with E-state index >= 15 is 0 Å². The van der Waals surface area contributed by atoms with Gasteiger partial charge < -0.3 is 19.7 Å². The molecule has 0 aromatic heterocycles. The van der Waals surface area contributed by atoms with Gasteiger partial charge in [0, 0.05) is 11.6 Å². The first-order chi connectivity index (χ1) is 9.02. The van der Waals surface area contributed by atoms with Crippen molar-refractivity contribution in [3.8, 4) is 11.5 Å². The summed E-state index contributed by atoms with van der Waals surface area (Å²) in [7, 11) is 0. The largest absolute Gasteiger partial charge is 0.493 e. The van der Waals surface area contributed by atoms with Crippen molar-refractivity contribution in [1.29, 1.82) is 0 Å². The minimum absolute atomic E-state index is 0.0995. The molecule has 108 valence electrons. The molecule has 19 heavy (non-hydrogen) atoms. The van der Waals surface area contributed by atoms with Gasteiger partial charge in [-0.3, -0.25) is 0 Å². The summed E-state index contributed by atoms with van der Waals surface area (Å²) in [5, 5.41) is 19.2. The zero-order valence-electron chi connectivity index (χ0n) is 12.0. The molecule has 1 unspecified atom stereocenters. The number of ether oxygens (including phenoxy) is 2. The monoisotopic (exact) mass is 268 g/mol. The fourth-order valence-electron chi connectivity index (χ4n) is 1.44. The maximum atomic E-state index is 9.94. The van der Waals surface area contributed by atoms with E-state index in [0.29, 0.717) is 30.1 Å². The summed E-state index contributed by atoms with van der Waals surface area (Å²) in [6.07, 6.45) is 1.54. The lowest BCUT2D eigenvalue weighted by molar-refractivity contribution is 0.00776. The van der Waals surface area contributed by atoms with Gasteiger partial charge in [0.25, 0.3) is 0 Å². The predicted molar refractivity (Wildman–Crippen MR) is 74.6 cm³/mol. The lowest BCUT2D eigenvalue weighted by Gasteiger charge is -2.22. The van der Waals surface area contributed by atoms with Crippen molar-refractivity contribution in [1.82, 2.24) is 0 Å². The molecule has 2 N–H and O–H groups in total. The Kier molecular flexibility index (Phi) is 6.12. The van der Waals surface area contributed by atoms with E-state index in [2.05, 4.69) is 0 Å². The molecule has 0 bridgehead atoms. The second-order valence-electron chi connectivity index (χ2n) is 4.92. The van der Waals surface area contributed by atoms with E-state index in [1.165, 1.54) is 0 Å². The number of hydrogen-bond acceptors (Lipinski definition) is 4. The van der Waals surface area contributed by atoms with Crippen LogP contribution in [0.15, 0.2) is 18.2 Å². The minimum atomic E-state index is -0.868. The summed E-state index contributed by atoms with van der Waals surface area (Å²) in [6.45, 7) is 6.40. The lowest BCUT2D eigenvalue weighted by Crippen LogP contribution is -2.31. The summed E-state index contributed by atoms with van der Waals surface area (Å²) in [6, 6.07) is 5.35. The van der Waals surface area contributed by atoms with Crippen molar-refractivity contribution < 1.29 is 19.7 Å². The Balaban J connectivity index is 2.78. The van der Waals surface area contributed by atoms with Crippen LogP contribution in [0.25, 0.3) is 0 Å². The van der Waals surface area contributed by atoms with Gasteiger partial charge in [-0.25, -0.2) is 0 Å². The normalized spacial score (nSPS) is 13.9. The van der Waals surface area contributed by atoms with Crippen molar-refractivity contribution in [2.75, 3.05) is 13.2 Å². The molecule has 0 radical (unpaired) electrons. The van der Waals surface area contributed by atoms with Gasteiger partial charge in [-0.2, -0.15) is 0 Å². The van der Waals surface area contributed by atoms with Crippen LogP contribution in [0.3, 0.4) is 0 Å². The highest BCUT2D eigenvalue weighted by Crippen LogP contribution is 2.26. The molecule has 0 amide bonds. The molecule has 4 nitrogen and oxygen atoms in total. The maximum Gasteiger partial charge on any atom is 0.128 e. The van der Waals surface area contributed by atoms with E-state index in [1.54, 1.807) is 19.1 Å². The van der Waals surface area contributed by atoms with Crippen molar-refractivity contribution in [3.63, 3.8) is 0 Å². The fourth-order valence-corrected chi connectivity index (χ4v) is 1.44. The van der Waals surface area contributed by atoms with E-state index in [0.717, 1.165) is 6.42 Å². The Morgan fingerprint density at radius 3 is 2.53 bits per heavy atom. The number of hydrogen-bond donors (Lipinski definition) is 2. The zero-order valence-corrected chi connectivity index (χ0v) is 12.0. The molecule has 1 aromatic carbocycles. The van der Waals surface area contributed by atoms with E-state index in [-0.39, 0.29) is 13.2 Å². The highest BCUT2D eigenvalue weighted by atomic mass is 16.5. The van der Waals surface area contributed by atoms with Gasteiger partial charge in [0.2, 0.25) is 0 Å². The summed E-state index contributed by atoms with van der Waals surface area (Å²) in [5.74, 6) is 1.27. The Labute approximate surface area is 115 Å². The van der Waals surface area contributed by atoms with Crippen LogP contribution >= 0.6 is 0 Å². The molecular weight excluding hydrogens is 244 g/mol. The number of aliphatic hydroxyl groups is 2. The van der Waals surface area contributed by atoms with Gasteiger partial charge in [-0.1, -0.05) is 13.8 Å². The number of aliphatic hydroxyl groups excluding tert-OH is 1. The topological polar surface area (TPSA) is 58.9 Å². The molecule has 1 atom stereocenters. The quantitative estimate of drug-likeness (QED) is 0.760. The van der Waals surface area contributed by atoms with Gasteiger partial charge >= 0.3 is 0 Å². The molecular formula is C15H24O4. The third-order valence-corrected chi connectivity index (χ3v) is 2.98. The molecule has 0 aliphatic heterocycles. The molecule has 4 heteroatoms. The number of benzene rings is 1. The fraction of sp³-hybridized carbons (Fsp3) is 0.600. The van der Waals surface area contributed by atoms with Gasteiger partial charge in [-0.15, -0.1) is 0 Å². The van der Waals surface area contributed by atoms with Gasteiger partial charge in [0.05, 0.1) is 18.8 Å². The van der Waals surface area contributed by atoms with Crippen LogP contribution in [0, 0.1) is 0 Å². The molecule has 1 rings (SSSR count). The van der Waals surface area contributed by atoms with Crippen LogP contribution < -0.4 is 9.47 Å². The van der Waals surface area contributed by atoms with Gasteiger partial charge in [0.15, 0.2) is 0 Å². The SMILES string of the molecule is CCCOc1ccc(CO)c(OCC(C)(O)CC)c1. The summed E-state index contributed by atoms with van der Waals surface area (Å²) >= 11 is 0. The smallest absolute Gasteiger partial charge is 0.128 e. The highest BCUT2D eigenvalue weighted by molar-refractivity contribution is 5.40. The van der Waals surface area contributed by atoms with E-state index < -0.39 is 5.60 Å². The summed E-state index contributed by atoms with van der Waals surface area (Å²) in [4.78, 5) is 0. The second-order valence-corrected chi connectivity index (χ2v) is 4.92. The predicted octanol–water partition coefficient (Wildman–Crippen LogP) is 2.51. The molecule has 0 saturated heterocycles. The molecule has 0 saturated carbocycles. The Bertz CT molecular complexity index is 388. The standard InChI is InChI=1S/C15H24O4/c1-4-8-18-13-7-6-12(10-16)14(9-13)19-11-15(3,17)5-2/h6-7,9,16-17H,4-5,8,10-11H2,1-3H3. The van der Waals surface area contributed by atoms with Crippen molar-refractivity contribution in [3.05, 3.63) is 23.8 Å². The molecule has 0 fully saturated rings. The van der Waals surface area contributed by atoms with Gasteiger partial charge in [0.1, 0.15) is 18.1 Å². The zero-order chi connectivity index (χ0) is 14.3. The Hall–Kier alpha value is -1.26. The molecule has 0 aliphatic carbocycles. The van der Waals surface area contributed by atoms with Crippen LogP contribution in [-0.4, -0.2) is 29.0 Å². The van der Waals surface area contributed by atoms with Crippen LogP contribution in [-0.2, 0) is 6.61 Å². The summed E-state index contributed by atoms with van der Waals surface area (Å²) in [5.41, 5.74) is -0.178. The third-order valence-electron chi connectivity index (χ3n) is 2.98. The second kappa shape index (κ2) is 7.36. The van der Waals surface area contributed by atoms with E-state index in [9.17, 15) is 10.2 Å². The van der Waals surface area contributed by atoms with Crippen molar-refractivity contribution in [2.45, 2.75) is 45.8 Å². The van der Waals surface area contributed by atoms with Crippen molar-refractivity contribution in [2.24, 2.45) is 0 Å². The van der Waals surface area contributed by atoms with Gasteiger partial charge in [-0.05, 0) is 31.9 Å². The molecule has 1 aromatic rings. The Morgan fingerprint density at radius 2 is 1.95 bits per heavy atom. The number of rotatable bonds is 8. The van der Waals surface area contributed by atoms with E-state index in [1.807, 2.05) is 19.9 Å². The molecule has 0 aliphatic rings. The average Bonchev–Trinajstić information content (AvgIpc) is 2.43. The maximum absolute atomic E-state index is 9.94. The third kappa shape index (κ3) is 5.09. The average molecular weight is 268 g/mol. The molecule has 0 spiro atoms. The minimum Gasteiger partial charge on any atom is -0.493 e.